The van der Waals surface area contributed by atoms with Gasteiger partial charge in [-0.15, -0.1) is 0 Å². The molecular weight excluding hydrogens is 401 g/mol. The highest BCUT2D eigenvalue weighted by atomic mass is 35.5. The van der Waals surface area contributed by atoms with Gasteiger partial charge in [-0.25, -0.2) is 0 Å². The first-order chi connectivity index (χ1) is 12.9. The third kappa shape index (κ3) is 6.95. The molecule has 0 unspecified atom stereocenters. The lowest BCUT2D eigenvalue weighted by Gasteiger charge is -2.19. The van der Waals surface area contributed by atoms with E-state index in [1.54, 1.807) is 17.8 Å². The van der Waals surface area contributed by atoms with Gasteiger partial charge in [0.15, 0.2) is 6.10 Å². The van der Waals surface area contributed by atoms with Crippen molar-refractivity contribution in [2.45, 2.75) is 39.0 Å². The smallest absolute Gasteiger partial charge is 0.261 e. The quantitative estimate of drug-likeness (QED) is 0.514. The van der Waals surface area contributed by atoms with E-state index >= 15 is 0 Å². The van der Waals surface area contributed by atoms with Crippen molar-refractivity contribution in [3.05, 3.63) is 63.1 Å². The topological polar surface area (TPSA) is 38.3 Å². The van der Waals surface area contributed by atoms with E-state index < -0.39 is 6.10 Å². The molecule has 0 heterocycles. The Balaban J connectivity index is 1.76. The van der Waals surface area contributed by atoms with Crippen LogP contribution in [-0.2, 0) is 10.5 Å². The molecule has 0 saturated heterocycles. The van der Waals surface area contributed by atoms with Gasteiger partial charge in [-0.05, 0) is 55.2 Å². The Morgan fingerprint density at radius 2 is 1.93 bits per heavy atom. The number of benzene rings is 2. The summed E-state index contributed by atoms with van der Waals surface area (Å²) >= 11 is 13.7. The van der Waals surface area contributed by atoms with Gasteiger partial charge in [0.1, 0.15) is 5.75 Å². The second-order valence-corrected chi connectivity index (χ2v) is 8.30. The number of carbonyl (C=O) groups excluding carboxylic acids is 1. The number of thioether (sulfide) groups is 1. The van der Waals surface area contributed by atoms with Gasteiger partial charge in [0.05, 0.1) is 10.0 Å². The van der Waals surface area contributed by atoms with E-state index in [0.717, 1.165) is 33.9 Å². The molecule has 2 aromatic carbocycles. The molecule has 0 bridgehead atoms. The van der Waals surface area contributed by atoms with Crippen LogP contribution < -0.4 is 10.1 Å². The first-order valence-corrected chi connectivity index (χ1v) is 10.8. The lowest BCUT2D eigenvalue weighted by molar-refractivity contribution is -0.128. The number of hydrogen-bond acceptors (Lipinski definition) is 3. The largest absolute Gasteiger partial charge is 0.480 e. The van der Waals surface area contributed by atoms with Crippen LogP contribution in [0.4, 0.5) is 0 Å². The van der Waals surface area contributed by atoms with Crippen molar-refractivity contribution in [1.29, 1.82) is 0 Å². The molecular formula is C21H25Cl2NO2S. The van der Waals surface area contributed by atoms with Gasteiger partial charge in [0.2, 0.25) is 0 Å². The summed E-state index contributed by atoms with van der Waals surface area (Å²) in [6.07, 6.45) is 0.140. The molecule has 2 rings (SSSR count). The van der Waals surface area contributed by atoms with Crippen LogP contribution in [0.3, 0.4) is 0 Å². The van der Waals surface area contributed by atoms with Gasteiger partial charge in [-0.3, -0.25) is 4.79 Å². The minimum absolute atomic E-state index is 0.0754. The van der Waals surface area contributed by atoms with Crippen molar-refractivity contribution in [3.63, 3.8) is 0 Å². The van der Waals surface area contributed by atoms with Crippen LogP contribution in [0.15, 0.2) is 36.4 Å². The molecule has 146 valence electrons. The van der Waals surface area contributed by atoms with Gasteiger partial charge in [0, 0.05) is 18.1 Å². The van der Waals surface area contributed by atoms with Gasteiger partial charge < -0.3 is 10.1 Å². The number of ether oxygens (including phenoxy) is 1. The Morgan fingerprint density at radius 3 is 2.63 bits per heavy atom. The summed E-state index contributed by atoms with van der Waals surface area (Å²) in [6, 6.07) is 11.7. The molecule has 0 saturated carbocycles. The van der Waals surface area contributed by atoms with Crippen molar-refractivity contribution in [3.8, 4) is 5.75 Å². The number of aryl methyl sites for hydroxylation is 2. The molecule has 0 aliphatic rings. The Morgan fingerprint density at radius 1 is 1.15 bits per heavy atom. The van der Waals surface area contributed by atoms with Crippen LogP contribution in [0, 0.1) is 13.8 Å². The monoisotopic (exact) mass is 425 g/mol. The third-order valence-electron chi connectivity index (χ3n) is 4.07. The fourth-order valence-electron chi connectivity index (χ4n) is 2.49. The van der Waals surface area contributed by atoms with E-state index in [1.165, 1.54) is 0 Å². The molecule has 27 heavy (non-hydrogen) atoms. The zero-order valence-corrected chi connectivity index (χ0v) is 18.2. The van der Waals surface area contributed by atoms with Crippen LogP contribution >= 0.6 is 35.0 Å². The molecule has 0 aromatic heterocycles. The lowest BCUT2D eigenvalue weighted by atomic mass is 10.1. The molecule has 0 aliphatic carbocycles. The van der Waals surface area contributed by atoms with Crippen molar-refractivity contribution in [1.82, 2.24) is 5.32 Å². The predicted octanol–water partition coefficient (Wildman–Crippen LogP) is 5.82. The molecule has 0 spiro atoms. The van der Waals surface area contributed by atoms with Crippen LogP contribution in [0.25, 0.3) is 0 Å². The molecule has 1 atom stereocenters. The summed E-state index contributed by atoms with van der Waals surface area (Å²) in [5.74, 6) is 2.33. The second kappa shape index (κ2) is 10.8. The van der Waals surface area contributed by atoms with Gasteiger partial charge in [-0.2, -0.15) is 11.8 Å². The molecule has 1 amide bonds. The molecule has 1 N–H and O–H groups in total. The van der Waals surface area contributed by atoms with Crippen molar-refractivity contribution in [2.24, 2.45) is 0 Å². The number of rotatable bonds is 9. The van der Waals surface area contributed by atoms with Crippen LogP contribution in [0.5, 0.6) is 5.75 Å². The van der Waals surface area contributed by atoms with Crippen LogP contribution in [-0.4, -0.2) is 24.3 Å². The highest BCUT2D eigenvalue weighted by Crippen LogP contribution is 2.24. The highest BCUT2D eigenvalue weighted by Gasteiger charge is 2.18. The van der Waals surface area contributed by atoms with Gasteiger partial charge in [0.25, 0.3) is 5.91 Å². The first kappa shape index (κ1) is 21.9. The molecule has 6 heteroatoms. The SMILES string of the molecule is CC[C@@H](Oc1cc(C)ccc1C)C(=O)NCCSCc1ccc(Cl)c(Cl)c1. The second-order valence-electron chi connectivity index (χ2n) is 6.38. The molecule has 0 radical (unpaired) electrons. The van der Waals surface area contributed by atoms with E-state index in [1.807, 2.05) is 51.1 Å². The van der Waals surface area contributed by atoms with Gasteiger partial charge in [-0.1, -0.05) is 48.3 Å². The number of halogens is 2. The molecule has 3 nitrogen and oxygen atoms in total. The zero-order chi connectivity index (χ0) is 19.8. The summed E-state index contributed by atoms with van der Waals surface area (Å²) < 4.78 is 5.94. The summed E-state index contributed by atoms with van der Waals surface area (Å²) in [7, 11) is 0. The highest BCUT2D eigenvalue weighted by molar-refractivity contribution is 7.98. The van der Waals surface area contributed by atoms with E-state index in [9.17, 15) is 4.79 Å². The average Bonchev–Trinajstić information content (AvgIpc) is 2.64. The Hall–Kier alpha value is -1.36. The van der Waals surface area contributed by atoms with E-state index in [4.69, 9.17) is 27.9 Å². The van der Waals surface area contributed by atoms with Crippen LogP contribution in [0.1, 0.15) is 30.0 Å². The average molecular weight is 426 g/mol. The minimum atomic E-state index is -0.481. The molecule has 0 fully saturated rings. The van der Waals surface area contributed by atoms with E-state index in [-0.39, 0.29) is 5.91 Å². The maximum absolute atomic E-state index is 12.4. The normalized spacial score (nSPS) is 11.9. The Labute approximate surface area is 175 Å². The first-order valence-electron chi connectivity index (χ1n) is 8.94. The molecule has 0 aliphatic heterocycles. The number of nitrogens with one attached hydrogen (secondary N) is 1. The van der Waals surface area contributed by atoms with Crippen LogP contribution in [0.2, 0.25) is 10.0 Å². The third-order valence-corrected chi connectivity index (χ3v) is 5.84. The summed E-state index contributed by atoms with van der Waals surface area (Å²) in [4.78, 5) is 12.4. The zero-order valence-electron chi connectivity index (χ0n) is 15.9. The summed E-state index contributed by atoms with van der Waals surface area (Å²) in [6.45, 7) is 6.54. The maximum Gasteiger partial charge on any atom is 0.261 e. The maximum atomic E-state index is 12.4. The standard InChI is InChI=1S/C21H25Cl2NO2S/c1-4-19(26-20-11-14(2)5-6-15(20)3)21(25)24-9-10-27-13-16-7-8-17(22)18(23)12-16/h5-8,11-12,19H,4,9-10,13H2,1-3H3,(H,24,25)/t19-/m1/s1. The van der Waals surface area contributed by atoms with E-state index in [2.05, 4.69) is 5.32 Å². The van der Waals surface area contributed by atoms with Crippen molar-refractivity contribution < 1.29 is 9.53 Å². The number of carbonyl (C=O) groups is 1. The minimum Gasteiger partial charge on any atom is -0.480 e. The number of amides is 1. The Bertz CT molecular complexity index is 783. The fraction of sp³-hybridized carbons (Fsp3) is 0.381. The van der Waals surface area contributed by atoms with Crippen molar-refractivity contribution in [2.75, 3.05) is 12.3 Å². The van der Waals surface area contributed by atoms with E-state index in [0.29, 0.717) is 23.0 Å². The fourth-order valence-corrected chi connectivity index (χ4v) is 3.62. The number of hydrogen-bond donors (Lipinski definition) is 1. The van der Waals surface area contributed by atoms with Crippen molar-refractivity contribution >= 4 is 40.9 Å². The lowest BCUT2D eigenvalue weighted by Crippen LogP contribution is -2.39. The van der Waals surface area contributed by atoms with Gasteiger partial charge >= 0.3 is 0 Å². The summed E-state index contributed by atoms with van der Waals surface area (Å²) in [5, 5.41) is 4.09. The molecule has 2 aromatic rings. The Kier molecular flexibility index (Phi) is 8.81. The summed E-state index contributed by atoms with van der Waals surface area (Å²) in [5.41, 5.74) is 3.26. The predicted molar refractivity (Wildman–Crippen MR) is 116 cm³/mol.